The number of hydrazone groups is 1. The highest BCUT2D eigenvalue weighted by Crippen LogP contribution is 2.25. The number of nitrogens with one attached hydrogen (secondary N) is 1. The molecular formula is C25H18N4O12S2. The van der Waals surface area contributed by atoms with Crippen LogP contribution in [-0.2, 0) is 29.8 Å². The second-order valence-electron chi connectivity index (χ2n) is 8.48. The molecule has 2 aromatic carbocycles. The lowest BCUT2D eigenvalue weighted by molar-refractivity contribution is -0.129. The van der Waals surface area contributed by atoms with Crippen LogP contribution in [0.25, 0.3) is 11.8 Å². The Morgan fingerprint density at radius 1 is 0.767 bits per heavy atom. The Morgan fingerprint density at radius 2 is 1.30 bits per heavy atom. The number of aliphatic carboxylic acids is 1. The standard InChI is InChI=1S/C25H18N4O12S2/c30-22-18(20(24(32)33)26-28(22)14-6-10-16(11-7-14)42(36,37)38)4-2-1-3-5-19-21(25(34)35)27-29(23(19)31)15-8-12-17(13-9-15)43(39,40)41/h1-13,26H,(H,32,33)(H,34,35)(H,36,37,38)(H,39,40,41)/b3-1?,4-2?,19-5-. The first-order valence-electron chi connectivity index (χ1n) is 11.5. The van der Waals surface area contributed by atoms with Crippen molar-refractivity contribution < 1.29 is 50.5 Å². The molecule has 1 aliphatic rings. The van der Waals surface area contributed by atoms with Gasteiger partial charge in [0.25, 0.3) is 31.7 Å². The van der Waals surface area contributed by atoms with Crippen LogP contribution in [0.15, 0.2) is 98.1 Å². The lowest BCUT2D eigenvalue weighted by Crippen LogP contribution is -2.22. The number of aromatic amines is 1. The molecule has 4 rings (SSSR count). The second kappa shape index (κ2) is 11.4. The minimum Gasteiger partial charge on any atom is -0.477 e. The molecule has 2 heterocycles. The summed E-state index contributed by atoms with van der Waals surface area (Å²) in [6.45, 7) is 0. The summed E-state index contributed by atoms with van der Waals surface area (Å²) < 4.78 is 64.0. The molecule has 1 aliphatic heterocycles. The van der Waals surface area contributed by atoms with Gasteiger partial charge in [0.1, 0.15) is 0 Å². The number of carboxylic acids is 2. The highest BCUT2D eigenvalue weighted by molar-refractivity contribution is 7.86. The molecule has 0 aliphatic carbocycles. The lowest BCUT2D eigenvalue weighted by atomic mass is 10.1. The molecule has 3 aromatic rings. The Morgan fingerprint density at radius 3 is 1.79 bits per heavy atom. The van der Waals surface area contributed by atoms with Crippen LogP contribution >= 0.6 is 0 Å². The van der Waals surface area contributed by atoms with Crippen molar-refractivity contribution in [2.45, 2.75) is 9.79 Å². The number of H-pyrrole nitrogens is 1. The van der Waals surface area contributed by atoms with Crippen molar-refractivity contribution in [3.63, 3.8) is 0 Å². The van der Waals surface area contributed by atoms with Gasteiger partial charge in [-0.25, -0.2) is 14.3 Å². The highest BCUT2D eigenvalue weighted by Gasteiger charge is 2.34. The topological polar surface area (TPSA) is 254 Å². The minimum absolute atomic E-state index is 0.0148. The molecule has 222 valence electrons. The van der Waals surface area contributed by atoms with Crippen molar-refractivity contribution >= 4 is 55.6 Å². The van der Waals surface area contributed by atoms with Gasteiger partial charge in [0, 0.05) is 0 Å². The molecule has 0 saturated carbocycles. The van der Waals surface area contributed by atoms with E-state index in [9.17, 15) is 46.2 Å². The van der Waals surface area contributed by atoms with Gasteiger partial charge in [0.05, 0.1) is 32.3 Å². The van der Waals surface area contributed by atoms with Gasteiger partial charge in [-0.3, -0.25) is 23.8 Å². The number of allylic oxidation sites excluding steroid dienone is 4. The van der Waals surface area contributed by atoms with Gasteiger partial charge in [-0.05, 0) is 60.7 Å². The zero-order valence-corrected chi connectivity index (χ0v) is 22.9. The number of hydrogen-bond donors (Lipinski definition) is 5. The monoisotopic (exact) mass is 630 g/mol. The van der Waals surface area contributed by atoms with E-state index >= 15 is 0 Å². The van der Waals surface area contributed by atoms with Crippen molar-refractivity contribution in [3.8, 4) is 5.69 Å². The van der Waals surface area contributed by atoms with Crippen LogP contribution in [0.3, 0.4) is 0 Å². The van der Waals surface area contributed by atoms with E-state index in [-0.39, 0.29) is 22.5 Å². The Hall–Kier alpha value is -5.43. The van der Waals surface area contributed by atoms with Gasteiger partial charge in [0.15, 0.2) is 11.4 Å². The first kappa shape index (κ1) is 30.5. The van der Waals surface area contributed by atoms with Crippen molar-refractivity contribution in [1.29, 1.82) is 0 Å². The van der Waals surface area contributed by atoms with Crippen molar-refractivity contribution in [1.82, 2.24) is 9.78 Å². The fourth-order valence-electron chi connectivity index (χ4n) is 3.74. The fraction of sp³-hybridized carbons (Fsp3) is 0. The number of nitrogens with zero attached hydrogens (tertiary/aromatic N) is 3. The van der Waals surface area contributed by atoms with Crippen molar-refractivity contribution in [2.75, 3.05) is 5.01 Å². The number of rotatable bonds is 9. The van der Waals surface area contributed by atoms with E-state index in [0.717, 1.165) is 58.2 Å². The van der Waals surface area contributed by atoms with Gasteiger partial charge in [-0.2, -0.15) is 26.9 Å². The summed E-state index contributed by atoms with van der Waals surface area (Å²) in [5.74, 6) is -3.89. The van der Waals surface area contributed by atoms with Crippen LogP contribution in [0, 0.1) is 0 Å². The van der Waals surface area contributed by atoms with E-state index in [4.69, 9.17) is 9.11 Å². The van der Waals surface area contributed by atoms with E-state index in [1.54, 1.807) is 0 Å². The number of amides is 1. The molecule has 18 heteroatoms. The van der Waals surface area contributed by atoms with E-state index < -0.39 is 64.8 Å². The first-order chi connectivity index (χ1) is 20.1. The van der Waals surface area contributed by atoms with Crippen LogP contribution in [0.2, 0.25) is 0 Å². The Labute approximate surface area is 241 Å². The molecule has 0 atom stereocenters. The van der Waals surface area contributed by atoms with E-state index in [1.807, 2.05) is 0 Å². The summed E-state index contributed by atoms with van der Waals surface area (Å²) in [5.41, 5.74) is -2.51. The predicted molar refractivity (Wildman–Crippen MR) is 148 cm³/mol. The number of hydrogen-bond acceptors (Lipinski definition) is 9. The summed E-state index contributed by atoms with van der Waals surface area (Å²) in [5, 5.41) is 25.9. The summed E-state index contributed by atoms with van der Waals surface area (Å²) in [4.78, 5) is 48.3. The molecule has 0 unspecified atom stereocenters. The second-order valence-corrected chi connectivity index (χ2v) is 11.3. The molecule has 16 nitrogen and oxygen atoms in total. The van der Waals surface area contributed by atoms with Crippen LogP contribution in [-0.4, -0.2) is 69.5 Å². The van der Waals surface area contributed by atoms with Crippen LogP contribution in [0.4, 0.5) is 5.69 Å². The average molecular weight is 631 g/mol. The molecule has 0 bridgehead atoms. The molecule has 0 radical (unpaired) electrons. The normalized spacial score (nSPS) is 15.1. The number of carbonyl (C=O) groups is 3. The molecule has 43 heavy (non-hydrogen) atoms. The zero-order valence-electron chi connectivity index (χ0n) is 21.2. The summed E-state index contributed by atoms with van der Waals surface area (Å²) in [7, 11) is -9.00. The number of carbonyl (C=O) groups excluding carboxylic acids is 1. The third-order valence-corrected chi connectivity index (χ3v) is 7.48. The summed E-state index contributed by atoms with van der Waals surface area (Å²) in [6, 6.07) is 8.62. The lowest BCUT2D eigenvalue weighted by Gasteiger charge is -2.11. The number of aromatic carboxylic acids is 1. The molecule has 0 saturated heterocycles. The molecule has 1 amide bonds. The van der Waals surface area contributed by atoms with Gasteiger partial charge in [0.2, 0.25) is 0 Å². The van der Waals surface area contributed by atoms with Gasteiger partial charge in [-0.1, -0.05) is 18.2 Å². The van der Waals surface area contributed by atoms with Gasteiger partial charge < -0.3 is 10.2 Å². The minimum atomic E-state index is -4.50. The van der Waals surface area contributed by atoms with Gasteiger partial charge >= 0.3 is 11.9 Å². The van der Waals surface area contributed by atoms with Crippen LogP contribution in [0.1, 0.15) is 16.1 Å². The zero-order chi connectivity index (χ0) is 31.7. The van der Waals surface area contributed by atoms with E-state index in [0.29, 0.717) is 0 Å². The number of anilines is 1. The molecular weight excluding hydrogens is 612 g/mol. The summed E-state index contributed by atoms with van der Waals surface area (Å²) >= 11 is 0. The molecule has 5 N–H and O–H groups in total. The van der Waals surface area contributed by atoms with Crippen LogP contribution in [0.5, 0.6) is 0 Å². The Bertz CT molecular complexity index is 2050. The predicted octanol–water partition coefficient (Wildman–Crippen LogP) is 1.34. The Kier molecular flexibility index (Phi) is 8.13. The third kappa shape index (κ3) is 6.41. The largest absolute Gasteiger partial charge is 0.477 e. The maximum Gasteiger partial charge on any atom is 0.357 e. The van der Waals surface area contributed by atoms with E-state index in [2.05, 4.69) is 10.2 Å². The fourth-order valence-corrected chi connectivity index (χ4v) is 4.70. The highest BCUT2D eigenvalue weighted by atomic mass is 32.2. The quantitative estimate of drug-likeness (QED) is 0.128. The van der Waals surface area contributed by atoms with Gasteiger partial charge in [-0.15, -0.1) is 0 Å². The average Bonchev–Trinajstić information content (AvgIpc) is 3.44. The SMILES string of the molecule is O=C(O)C1=NN(c2ccc(S(=O)(=O)O)cc2)C(=O)/C1=C\C=CC=Cc1c(C(=O)O)[nH]n(-c2ccc(S(=O)(=O)O)cc2)c1=O. The van der Waals surface area contributed by atoms with Crippen molar-refractivity contribution in [2.24, 2.45) is 5.10 Å². The molecule has 1 aromatic heterocycles. The molecule has 0 spiro atoms. The smallest absolute Gasteiger partial charge is 0.357 e. The number of aromatic nitrogens is 2. The number of benzene rings is 2. The Balaban J connectivity index is 1.59. The van der Waals surface area contributed by atoms with Crippen LogP contribution < -0.4 is 10.6 Å². The third-order valence-electron chi connectivity index (χ3n) is 5.74. The summed E-state index contributed by atoms with van der Waals surface area (Å²) in [6.07, 6.45) is 5.98. The first-order valence-corrected chi connectivity index (χ1v) is 14.4. The maximum atomic E-state index is 12.9. The molecule has 0 fully saturated rings. The van der Waals surface area contributed by atoms with Crippen molar-refractivity contribution in [3.05, 3.63) is 100 Å². The number of carboxylic acid groups (broad SMARTS) is 2. The maximum absolute atomic E-state index is 12.9. The van der Waals surface area contributed by atoms with E-state index in [1.165, 1.54) is 30.4 Å².